The van der Waals surface area contributed by atoms with E-state index in [1.54, 1.807) is 6.07 Å². The SMILES string of the molecule is Cn1cccc1-c1cc(C(=O)NN=Cc2ccc([N+](=O)[O-])cc2)[nH]n1. The number of aryl methyl sites for hydroxylation is 1. The second kappa shape index (κ2) is 6.79. The standard InChI is InChI=1S/C16H14N6O3/c1-21-8-2-3-15(21)13-9-14(19-18-13)16(23)20-17-10-11-4-6-12(7-5-11)22(24)25/h2-10H,1H3,(H,18,19)(H,20,23). The molecule has 1 amide bonds. The van der Waals surface area contributed by atoms with Gasteiger partial charge in [-0.15, -0.1) is 0 Å². The number of nitrogens with zero attached hydrogens (tertiary/aromatic N) is 4. The Morgan fingerprint density at radius 2 is 2.12 bits per heavy atom. The zero-order chi connectivity index (χ0) is 17.8. The van der Waals surface area contributed by atoms with Gasteiger partial charge >= 0.3 is 0 Å². The minimum atomic E-state index is -0.481. The molecule has 0 radical (unpaired) electrons. The van der Waals surface area contributed by atoms with Crippen LogP contribution in [0.2, 0.25) is 0 Å². The highest BCUT2D eigenvalue weighted by Crippen LogP contribution is 2.17. The highest BCUT2D eigenvalue weighted by molar-refractivity contribution is 5.94. The van der Waals surface area contributed by atoms with Crippen LogP contribution in [0.5, 0.6) is 0 Å². The predicted octanol–water partition coefficient (Wildman–Crippen LogP) is 2.09. The molecule has 126 valence electrons. The Morgan fingerprint density at radius 3 is 2.76 bits per heavy atom. The van der Waals surface area contributed by atoms with Gasteiger partial charge in [0.05, 0.1) is 16.8 Å². The summed E-state index contributed by atoms with van der Waals surface area (Å²) >= 11 is 0. The van der Waals surface area contributed by atoms with Crippen molar-refractivity contribution in [3.63, 3.8) is 0 Å². The predicted molar refractivity (Wildman–Crippen MR) is 91.2 cm³/mol. The maximum absolute atomic E-state index is 12.1. The quantitative estimate of drug-likeness (QED) is 0.420. The maximum atomic E-state index is 12.1. The first-order valence-corrected chi connectivity index (χ1v) is 7.29. The first kappa shape index (κ1) is 16.1. The monoisotopic (exact) mass is 338 g/mol. The van der Waals surface area contributed by atoms with E-state index in [1.165, 1.54) is 30.5 Å². The van der Waals surface area contributed by atoms with Crippen LogP contribution in [0.25, 0.3) is 11.4 Å². The van der Waals surface area contributed by atoms with Crippen LogP contribution in [0.3, 0.4) is 0 Å². The van der Waals surface area contributed by atoms with Gasteiger partial charge in [-0.1, -0.05) is 0 Å². The molecule has 3 aromatic rings. The molecule has 0 bridgehead atoms. The Balaban J connectivity index is 1.64. The van der Waals surface area contributed by atoms with Gasteiger partial charge in [0, 0.05) is 25.4 Å². The van der Waals surface area contributed by atoms with Crippen molar-refractivity contribution in [2.45, 2.75) is 0 Å². The van der Waals surface area contributed by atoms with Gasteiger partial charge in [0.15, 0.2) is 0 Å². The van der Waals surface area contributed by atoms with Crippen molar-refractivity contribution in [1.29, 1.82) is 0 Å². The highest BCUT2D eigenvalue weighted by Gasteiger charge is 2.11. The van der Waals surface area contributed by atoms with Crippen molar-refractivity contribution >= 4 is 17.8 Å². The number of non-ortho nitro benzene ring substituents is 1. The number of carbonyl (C=O) groups is 1. The third-order valence-electron chi connectivity index (χ3n) is 3.51. The van der Waals surface area contributed by atoms with Crippen molar-refractivity contribution in [2.24, 2.45) is 12.1 Å². The molecule has 2 aromatic heterocycles. The van der Waals surface area contributed by atoms with E-state index in [-0.39, 0.29) is 11.4 Å². The minimum Gasteiger partial charge on any atom is -0.349 e. The van der Waals surface area contributed by atoms with Gasteiger partial charge in [0.2, 0.25) is 0 Å². The van der Waals surface area contributed by atoms with Gasteiger partial charge in [-0.3, -0.25) is 20.0 Å². The first-order chi connectivity index (χ1) is 12.0. The number of hydrazone groups is 1. The molecule has 25 heavy (non-hydrogen) atoms. The van der Waals surface area contributed by atoms with E-state index in [0.717, 1.165) is 5.69 Å². The lowest BCUT2D eigenvalue weighted by Crippen LogP contribution is -2.18. The summed E-state index contributed by atoms with van der Waals surface area (Å²) in [5.41, 5.74) is 4.80. The summed E-state index contributed by atoms with van der Waals surface area (Å²) in [4.78, 5) is 22.2. The minimum absolute atomic E-state index is 0.00755. The maximum Gasteiger partial charge on any atom is 0.289 e. The van der Waals surface area contributed by atoms with E-state index in [9.17, 15) is 14.9 Å². The van der Waals surface area contributed by atoms with Gasteiger partial charge < -0.3 is 4.57 Å². The summed E-state index contributed by atoms with van der Waals surface area (Å²) in [7, 11) is 1.89. The third-order valence-corrected chi connectivity index (χ3v) is 3.51. The Morgan fingerprint density at radius 1 is 1.36 bits per heavy atom. The summed E-state index contributed by atoms with van der Waals surface area (Å²) in [6.45, 7) is 0. The van der Waals surface area contributed by atoms with Crippen LogP contribution in [0, 0.1) is 10.1 Å². The van der Waals surface area contributed by atoms with E-state index in [2.05, 4.69) is 20.7 Å². The van der Waals surface area contributed by atoms with Gasteiger partial charge in [0.1, 0.15) is 11.4 Å². The van der Waals surface area contributed by atoms with Crippen LogP contribution in [-0.2, 0) is 7.05 Å². The molecular weight excluding hydrogens is 324 g/mol. The zero-order valence-electron chi connectivity index (χ0n) is 13.2. The van der Waals surface area contributed by atoms with Crippen LogP contribution < -0.4 is 5.43 Å². The first-order valence-electron chi connectivity index (χ1n) is 7.29. The lowest BCUT2D eigenvalue weighted by atomic mass is 10.2. The van der Waals surface area contributed by atoms with E-state index in [1.807, 2.05) is 29.9 Å². The molecule has 0 unspecified atom stereocenters. The molecule has 3 rings (SSSR count). The van der Waals surface area contributed by atoms with Crippen LogP contribution in [0.15, 0.2) is 53.8 Å². The molecule has 2 heterocycles. The molecule has 2 N–H and O–H groups in total. The summed E-state index contributed by atoms with van der Waals surface area (Å²) in [5.74, 6) is -0.439. The molecule has 9 nitrogen and oxygen atoms in total. The zero-order valence-corrected chi connectivity index (χ0v) is 13.2. The summed E-state index contributed by atoms with van der Waals surface area (Å²) in [6, 6.07) is 11.2. The molecule has 9 heteroatoms. The molecule has 0 aliphatic carbocycles. The van der Waals surface area contributed by atoms with Crippen molar-refractivity contribution in [1.82, 2.24) is 20.2 Å². The van der Waals surface area contributed by atoms with Gasteiger partial charge in [0.25, 0.3) is 11.6 Å². The third kappa shape index (κ3) is 3.61. The van der Waals surface area contributed by atoms with Crippen LogP contribution in [-0.4, -0.2) is 31.8 Å². The Labute approximate surface area is 142 Å². The largest absolute Gasteiger partial charge is 0.349 e. The van der Waals surface area contributed by atoms with Crippen molar-refractivity contribution in [3.8, 4) is 11.4 Å². The molecule has 0 aliphatic heterocycles. The molecule has 0 saturated heterocycles. The van der Waals surface area contributed by atoms with Crippen molar-refractivity contribution in [3.05, 3.63) is 70.0 Å². The smallest absolute Gasteiger partial charge is 0.289 e. The van der Waals surface area contributed by atoms with E-state index in [4.69, 9.17) is 0 Å². The average molecular weight is 338 g/mol. The number of aromatic amines is 1. The van der Waals surface area contributed by atoms with Crippen LogP contribution in [0.4, 0.5) is 5.69 Å². The lowest BCUT2D eigenvalue weighted by molar-refractivity contribution is -0.384. The molecule has 1 aromatic carbocycles. The number of H-pyrrole nitrogens is 1. The topological polar surface area (TPSA) is 118 Å². The number of hydrogen-bond donors (Lipinski definition) is 2. The molecule has 0 fully saturated rings. The van der Waals surface area contributed by atoms with E-state index in [0.29, 0.717) is 11.3 Å². The Hall–Kier alpha value is -3.75. The fraction of sp³-hybridized carbons (Fsp3) is 0.0625. The highest BCUT2D eigenvalue weighted by atomic mass is 16.6. The van der Waals surface area contributed by atoms with Gasteiger partial charge in [-0.05, 0) is 35.9 Å². The number of hydrogen-bond acceptors (Lipinski definition) is 5. The molecule has 0 spiro atoms. The van der Waals surface area contributed by atoms with Crippen LogP contribution >= 0.6 is 0 Å². The number of aromatic nitrogens is 3. The average Bonchev–Trinajstić information content (AvgIpc) is 3.24. The Bertz CT molecular complexity index is 939. The molecule has 0 atom stereocenters. The number of nitro benzene ring substituents is 1. The second-order valence-electron chi connectivity index (χ2n) is 5.22. The number of benzene rings is 1. The van der Waals surface area contributed by atoms with Gasteiger partial charge in [-0.2, -0.15) is 10.2 Å². The summed E-state index contributed by atoms with van der Waals surface area (Å²) in [5, 5.41) is 21.2. The number of nitro groups is 1. The number of carbonyl (C=O) groups excluding carboxylic acids is 1. The van der Waals surface area contributed by atoms with Crippen LogP contribution in [0.1, 0.15) is 16.1 Å². The Kier molecular flexibility index (Phi) is 4.38. The molecule has 0 aliphatic rings. The number of rotatable bonds is 5. The molecule has 0 saturated carbocycles. The normalized spacial score (nSPS) is 10.9. The molecular formula is C16H14N6O3. The van der Waals surface area contributed by atoms with Crippen molar-refractivity contribution < 1.29 is 9.72 Å². The number of amides is 1. The lowest BCUT2D eigenvalue weighted by Gasteiger charge is -1.97. The number of nitrogens with one attached hydrogen (secondary N) is 2. The fourth-order valence-electron chi connectivity index (χ4n) is 2.20. The second-order valence-corrected chi connectivity index (χ2v) is 5.22. The van der Waals surface area contributed by atoms with E-state index >= 15 is 0 Å². The summed E-state index contributed by atoms with van der Waals surface area (Å²) in [6.07, 6.45) is 3.29. The van der Waals surface area contributed by atoms with Gasteiger partial charge in [-0.25, -0.2) is 5.43 Å². The van der Waals surface area contributed by atoms with E-state index < -0.39 is 10.8 Å². The summed E-state index contributed by atoms with van der Waals surface area (Å²) < 4.78 is 1.89. The van der Waals surface area contributed by atoms with Crippen molar-refractivity contribution in [2.75, 3.05) is 0 Å². The fourth-order valence-corrected chi connectivity index (χ4v) is 2.20.